The number of nitrogens with zero attached hydrogens (tertiary/aromatic N) is 2. The monoisotopic (exact) mass is 314 g/mol. The number of aryl methyl sites for hydroxylation is 1. The van der Waals surface area contributed by atoms with E-state index < -0.39 is 0 Å². The Kier molecular flexibility index (Phi) is 4.70. The van der Waals surface area contributed by atoms with Crippen LogP contribution in [0.4, 0.5) is 5.69 Å². The number of anilines is 1. The van der Waals surface area contributed by atoms with Crippen molar-refractivity contribution in [3.05, 3.63) is 65.7 Å². The third-order valence-corrected chi connectivity index (χ3v) is 4.98. The van der Waals surface area contributed by atoms with Gasteiger partial charge in [0, 0.05) is 37.9 Å². The summed E-state index contributed by atoms with van der Waals surface area (Å²) in [7, 11) is 0. The molecule has 1 unspecified atom stereocenters. The van der Waals surface area contributed by atoms with Crippen molar-refractivity contribution in [2.24, 2.45) is 0 Å². The molecule has 2 aromatic carbocycles. The molecule has 116 valence electrons. The number of benzene rings is 2. The average Bonchev–Trinajstić information content (AvgIpc) is 3.00. The minimum absolute atomic E-state index is 0. The van der Waals surface area contributed by atoms with E-state index in [-0.39, 0.29) is 12.4 Å². The summed E-state index contributed by atoms with van der Waals surface area (Å²) >= 11 is 0. The van der Waals surface area contributed by atoms with E-state index in [0.717, 1.165) is 13.1 Å². The first-order chi connectivity index (χ1) is 10.4. The van der Waals surface area contributed by atoms with Crippen LogP contribution in [0.1, 0.15) is 23.6 Å². The molecular formula is C19H23ClN2. The SMILES string of the molecule is Cl.c1ccc(N2CCN(C3CCc4ccccc43)CC2)cc1. The van der Waals surface area contributed by atoms with Gasteiger partial charge in [0.2, 0.25) is 0 Å². The van der Waals surface area contributed by atoms with Crippen molar-refractivity contribution in [2.75, 3.05) is 31.1 Å². The van der Waals surface area contributed by atoms with Gasteiger partial charge in [-0.3, -0.25) is 4.90 Å². The van der Waals surface area contributed by atoms with E-state index in [2.05, 4.69) is 64.4 Å². The van der Waals surface area contributed by atoms with Gasteiger partial charge in [0.1, 0.15) is 0 Å². The predicted octanol–water partition coefficient (Wildman–Crippen LogP) is 3.92. The van der Waals surface area contributed by atoms with Crippen LogP contribution in [0.3, 0.4) is 0 Å². The van der Waals surface area contributed by atoms with Gasteiger partial charge in [-0.1, -0.05) is 42.5 Å². The fourth-order valence-electron chi connectivity index (χ4n) is 3.84. The first kappa shape index (κ1) is 15.4. The maximum absolute atomic E-state index is 2.69. The van der Waals surface area contributed by atoms with Crippen LogP contribution in [0.15, 0.2) is 54.6 Å². The van der Waals surface area contributed by atoms with E-state index in [1.165, 1.54) is 31.6 Å². The van der Waals surface area contributed by atoms with Crippen LogP contribution in [0.5, 0.6) is 0 Å². The quantitative estimate of drug-likeness (QED) is 0.829. The van der Waals surface area contributed by atoms with Crippen molar-refractivity contribution in [3.8, 4) is 0 Å². The highest BCUT2D eigenvalue weighted by Gasteiger charge is 2.29. The lowest BCUT2D eigenvalue weighted by Crippen LogP contribution is -2.47. The Balaban J connectivity index is 0.00000144. The number of rotatable bonds is 2. The molecule has 1 aliphatic carbocycles. The summed E-state index contributed by atoms with van der Waals surface area (Å²) in [6, 6.07) is 20.5. The van der Waals surface area contributed by atoms with Crippen LogP contribution in [-0.4, -0.2) is 31.1 Å². The van der Waals surface area contributed by atoms with Gasteiger partial charge in [0.05, 0.1) is 0 Å². The molecule has 0 radical (unpaired) electrons. The van der Waals surface area contributed by atoms with Crippen molar-refractivity contribution in [2.45, 2.75) is 18.9 Å². The second-order valence-corrected chi connectivity index (χ2v) is 6.11. The van der Waals surface area contributed by atoms with Crippen LogP contribution in [0.2, 0.25) is 0 Å². The first-order valence-electron chi connectivity index (χ1n) is 8.04. The molecule has 1 aliphatic heterocycles. The molecular weight excluding hydrogens is 292 g/mol. The number of para-hydroxylation sites is 1. The minimum atomic E-state index is 0. The van der Waals surface area contributed by atoms with Crippen LogP contribution < -0.4 is 4.90 Å². The topological polar surface area (TPSA) is 6.48 Å². The summed E-state index contributed by atoms with van der Waals surface area (Å²) in [6.07, 6.45) is 2.55. The standard InChI is InChI=1S/C19H22N2.ClH/c1-2-7-17(8-3-1)20-12-14-21(15-13-20)19-11-10-16-6-4-5-9-18(16)19;/h1-9,19H,10-15H2;1H. The molecule has 22 heavy (non-hydrogen) atoms. The van der Waals surface area contributed by atoms with Gasteiger partial charge in [-0.15, -0.1) is 12.4 Å². The van der Waals surface area contributed by atoms with Crippen molar-refractivity contribution in [1.29, 1.82) is 0 Å². The van der Waals surface area contributed by atoms with E-state index in [4.69, 9.17) is 0 Å². The summed E-state index contributed by atoms with van der Waals surface area (Å²) in [5, 5.41) is 0. The molecule has 2 aliphatic rings. The molecule has 2 nitrogen and oxygen atoms in total. The highest BCUT2D eigenvalue weighted by Crippen LogP contribution is 2.36. The zero-order valence-corrected chi connectivity index (χ0v) is 13.6. The van der Waals surface area contributed by atoms with E-state index in [9.17, 15) is 0 Å². The summed E-state index contributed by atoms with van der Waals surface area (Å²) in [5.41, 5.74) is 4.50. The Morgan fingerprint density at radius 2 is 1.45 bits per heavy atom. The maximum atomic E-state index is 2.69. The van der Waals surface area contributed by atoms with Crippen molar-refractivity contribution in [3.63, 3.8) is 0 Å². The Hall–Kier alpha value is -1.51. The molecule has 1 fully saturated rings. The lowest BCUT2D eigenvalue weighted by Gasteiger charge is -2.39. The van der Waals surface area contributed by atoms with Gasteiger partial charge in [-0.05, 0) is 36.1 Å². The fourth-order valence-corrected chi connectivity index (χ4v) is 3.84. The lowest BCUT2D eigenvalue weighted by molar-refractivity contribution is 0.185. The summed E-state index contributed by atoms with van der Waals surface area (Å²) in [5.74, 6) is 0. The molecule has 4 rings (SSSR count). The highest BCUT2D eigenvalue weighted by atomic mass is 35.5. The largest absolute Gasteiger partial charge is 0.369 e. The number of hydrogen-bond donors (Lipinski definition) is 0. The summed E-state index contributed by atoms with van der Waals surface area (Å²) < 4.78 is 0. The lowest BCUT2D eigenvalue weighted by atomic mass is 10.1. The number of halogens is 1. The third-order valence-electron chi connectivity index (χ3n) is 4.98. The van der Waals surface area contributed by atoms with Crippen molar-refractivity contribution < 1.29 is 0 Å². The van der Waals surface area contributed by atoms with E-state index in [1.54, 1.807) is 11.1 Å². The van der Waals surface area contributed by atoms with Gasteiger partial charge < -0.3 is 4.90 Å². The van der Waals surface area contributed by atoms with E-state index in [1.807, 2.05) is 0 Å². The van der Waals surface area contributed by atoms with Crippen LogP contribution in [0.25, 0.3) is 0 Å². The molecule has 0 saturated carbocycles. The van der Waals surface area contributed by atoms with Gasteiger partial charge in [-0.25, -0.2) is 0 Å². The second-order valence-electron chi connectivity index (χ2n) is 6.11. The molecule has 1 heterocycles. The first-order valence-corrected chi connectivity index (χ1v) is 8.04. The Morgan fingerprint density at radius 3 is 2.23 bits per heavy atom. The van der Waals surface area contributed by atoms with Gasteiger partial charge in [0.15, 0.2) is 0 Å². The zero-order chi connectivity index (χ0) is 14.1. The van der Waals surface area contributed by atoms with Crippen LogP contribution >= 0.6 is 12.4 Å². The predicted molar refractivity (Wildman–Crippen MR) is 95.0 cm³/mol. The number of fused-ring (bicyclic) bond motifs is 1. The van der Waals surface area contributed by atoms with Crippen molar-refractivity contribution >= 4 is 18.1 Å². The molecule has 0 bridgehead atoms. The Morgan fingerprint density at radius 1 is 0.773 bits per heavy atom. The molecule has 2 aromatic rings. The fraction of sp³-hybridized carbons (Fsp3) is 0.368. The molecule has 1 saturated heterocycles. The Labute approximate surface area is 139 Å². The minimum Gasteiger partial charge on any atom is -0.369 e. The summed E-state index contributed by atoms with van der Waals surface area (Å²) in [4.78, 5) is 5.20. The molecule has 0 aromatic heterocycles. The smallest absolute Gasteiger partial charge is 0.0367 e. The van der Waals surface area contributed by atoms with E-state index >= 15 is 0 Å². The maximum Gasteiger partial charge on any atom is 0.0367 e. The summed E-state index contributed by atoms with van der Waals surface area (Å²) in [6.45, 7) is 4.63. The molecule has 3 heteroatoms. The number of piperazine rings is 1. The molecule has 1 atom stereocenters. The van der Waals surface area contributed by atoms with Gasteiger partial charge in [-0.2, -0.15) is 0 Å². The van der Waals surface area contributed by atoms with Gasteiger partial charge >= 0.3 is 0 Å². The normalized spacial score (nSPS) is 21.3. The Bertz CT molecular complexity index is 606. The third kappa shape index (κ3) is 2.86. The average molecular weight is 315 g/mol. The van der Waals surface area contributed by atoms with E-state index in [0.29, 0.717) is 6.04 Å². The molecule has 0 spiro atoms. The highest BCUT2D eigenvalue weighted by molar-refractivity contribution is 5.85. The molecule has 0 amide bonds. The zero-order valence-electron chi connectivity index (χ0n) is 12.8. The van der Waals surface area contributed by atoms with Gasteiger partial charge in [0.25, 0.3) is 0 Å². The molecule has 0 N–H and O–H groups in total. The van der Waals surface area contributed by atoms with Crippen molar-refractivity contribution in [1.82, 2.24) is 4.90 Å². The van der Waals surface area contributed by atoms with Crippen LogP contribution in [0, 0.1) is 0 Å². The van der Waals surface area contributed by atoms with Crippen LogP contribution in [-0.2, 0) is 6.42 Å². The second kappa shape index (κ2) is 6.72. The number of hydrogen-bond acceptors (Lipinski definition) is 2.